The van der Waals surface area contributed by atoms with E-state index in [1.54, 1.807) is 11.3 Å². The lowest BCUT2D eigenvalue weighted by atomic mass is 10.1. The summed E-state index contributed by atoms with van der Waals surface area (Å²) in [6.45, 7) is 6.01. The molecule has 2 atom stereocenters. The van der Waals surface area contributed by atoms with Gasteiger partial charge in [0.1, 0.15) is 11.9 Å². The molecule has 0 aliphatic heterocycles. The van der Waals surface area contributed by atoms with Gasteiger partial charge in [0, 0.05) is 20.8 Å². The van der Waals surface area contributed by atoms with E-state index in [4.69, 9.17) is 22.1 Å². The number of hydrogen-bond donors (Lipinski definition) is 1. The molecule has 0 saturated carbocycles. The fourth-order valence-corrected chi connectivity index (χ4v) is 3.01. The Morgan fingerprint density at radius 3 is 2.47 bits per heavy atom. The highest BCUT2D eigenvalue weighted by atomic mass is 35.5. The average Bonchev–Trinajstić information content (AvgIpc) is 2.76. The van der Waals surface area contributed by atoms with E-state index in [0.29, 0.717) is 0 Å². The van der Waals surface area contributed by atoms with Gasteiger partial charge in [0.15, 0.2) is 0 Å². The van der Waals surface area contributed by atoms with E-state index in [1.165, 1.54) is 4.88 Å². The third-order valence-corrected chi connectivity index (χ3v) is 4.40. The molecule has 2 unspecified atom stereocenters. The molecule has 2 aromatic rings. The molecule has 0 aliphatic carbocycles. The fraction of sp³-hybridized carbons (Fsp3) is 0.333. The van der Waals surface area contributed by atoms with E-state index in [1.807, 2.05) is 32.0 Å². The van der Waals surface area contributed by atoms with Gasteiger partial charge in [-0.2, -0.15) is 0 Å². The van der Waals surface area contributed by atoms with Crippen LogP contribution in [0.1, 0.15) is 28.3 Å². The molecule has 102 valence electrons. The lowest BCUT2D eigenvalue weighted by Crippen LogP contribution is -2.28. The first-order valence-electron chi connectivity index (χ1n) is 6.22. The van der Waals surface area contributed by atoms with Gasteiger partial charge in [0.2, 0.25) is 0 Å². The first-order chi connectivity index (χ1) is 8.97. The minimum atomic E-state index is -0.126. The molecule has 0 spiro atoms. The largest absolute Gasteiger partial charge is 0.483 e. The summed E-state index contributed by atoms with van der Waals surface area (Å²) in [4.78, 5) is 2.41. The quantitative estimate of drug-likeness (QED) is 0.902. The van der Waals surface area contributed by atoms with Gasteiger partial charge in [-0.1, -0.05) is 11.6 Å². The molecular formula is C15H18ClNOS. The summed E-state index contributed by atoms with van der Waals surface area (Å²) in [6, 6.07) is 9.77. The maximum atomic E-state index is 6.05. The zero-order chi connectivity index (χ0) is 14.0. The molecule has 0 aliphatic rings. The smallest absolute Gasteiger partial charge is 0.148 e. The molecule has 19 heavy (non-hydrogen) atoms. The molecule has 1 aromatic carbocycles. The Labute approximate surface area is 123 Å². The second-order valence-corrected chi connectivity index (χ2v) is 6.48. The highest BCUT2D eigenvalue weighted by Gasteiger charge is 2.20. The molecular weight excluding hydrogens is 278 g/mol. The van der Waals surface area contributed by atoms with E-state index < -0.39 is 0 Å². The monoisotopic (exact) mass is 295 g/mol. The summed E-state index contributed by atoms with van der Waals surface area (Å²) < 4.78 is 6.04. The van der Waals surface area contributed by atoms with Crippen molar-refractivity contribution in [2.45, 2.75) is 32.9 Å². The summed E-state index contributed by atoms with van der Waals surface area (Å²) in [5.74, 6) is 0.801. The Bertz CT molecular complexity index is 565. The second kappa shape index (κ2) is 5.95. The summed E-state index contributed by atoms with van der Waals surface area (Å²) in [6.07, 6.45) is -0.126. The van der Waals surface area contributed by atoms with Crippen molar-refractivity contribution in [2.75, 3.05) is 0 Å². The number of thiophene rings is 1. The second-order valence-electron chi connectivity index (χ2n) is 4.76. The maximum Gasteiger partial charge on any atom is 0.148 e. The van der Waals surface area contributed by atoms with Gasteiger partial charge in [-0.25, -0.2) is 0 Å². The average molecular weight is 296 g/mol. The lowest BCUT2D eigenvalue weighted by Gasteiger charge is -2.21. The Balaban J connectivity index is 2.23. The molecule has 0 saturated heterocycles. The van der Waals surface area contributed by atoms with Crippen LogP contribution < -0.4 is 10.5 Å². The number of aryl methyl sites for hydroxylation is 2. The highest BCUT2D eigenvalue weighted by molar-refractivity contribution is 7.12. The zero-order valence-corrected chi connectivity index (χ0v) is 12.9. The Kier molecular flexibility index (Phi) is 4.50. The van der Waals surface area contributed by atoms with Crippen molar-refractivity contribution in [1.29, 1.82) is 0 Å². The minimum absolute atomic E-state index is 0.0750. The van der Waals surface area contributed by atoms with Crippen molar-refractivity contribution in [3.63, 3.8) is 0 Å². The van der Waals surface area contributed by atoms with Crippen LogP contribution >= 0.6 is 22.9 Å². The maximum absolute atomic E-state index is 6.05. The molecule has 4 heteroatoms. The van der Waals surface area contributed by atoms with Crippen LogP contribution in [0.3, 0.4) is 0 Å². The summed E-state index contributed by atoms with van der Waals surface area (Å²) in [5, 5.41) is 0.747. The van der Waals surface area contributed by atoms with Gasteiger partial charge in [0.05, 0.1) is 0 Å². The van der Waals surface area contributed by atoms with Crippen LogP contribution in [0, 0.1) is 13.8 Å². The number of rotatable bonds is 4. The highest BCUT2D eigenvalue weighted by Crippen LogP contribution is 2.30. The molecule has 1 heterocycles. The van der Waals surface area contributed by atoms with Crippen molar-refractivity contribution in [3.05, 3.63) is 50.7 Å². The van der Waals surface area contributed by atoms with Crippen LogP contribution in [-0.2, 0) is 0 Å². The van der Waals surface area contributed by atoms with Gasteiger partial charge in [0.25, 0.3) is 0 Å². The van der Waals surface area contributed by atoms with Crippen molar-refractivity contribution < 1.29 is 4.74 Å². The van der Waals surface area contributed by atoms with Crippen LogP contribution in [0.2, 0.25) is 5.02 Å². The topological polar surface area (TPSA) is 35.2 Å². The predicted molar refractivity (Wildman–Crippen MR) is 82.3 cm³/mol. The normalized spacial score (nSPS) is 14.2. The number of nitrogens with two attached hydrogens (primary N) is 1. The Hall–Kier alpha value is -1.03. The number of ether oxygens (including phenoxy) is 1. The van der Waals surface area contributed by atoms with Gasteiger partial charge < -0.3 is 10.5 Å². The van der Waals surface area contributed by atoms with E-state index in [9.17, 15) is 0 Å². The standard InChI is InChI=1S/C15H18ClNOS/c1-9-8-12(5-6-13(9)16)18-15(11(3)17)14-7-4-10(2)19-14/h4-8,11,15H,17H2,1-3H3. The van der Waals surface area contributed by atoms with Crippen molar-refractivity contribution >= 4 is 22.9 Å². The molecule has 2 nitrogen and oxygen atoms in total. The summed E-state index contributed by atoms with van der Waals surface area (Å²) >= 11 is 7.74. The third kappa shape index (κ3) is 3.50. The van der Waals surface area contributed by atoms with E-state index in [-0.39, 0.29) is 12.1 Å². The SMILES string of the molecule is Cc1ccc(C(Oc2ccc(Cl)c(C)c2)C(C)N)s1. The first kappa shape index (κ1) is 14.4. The Morgan fingerprint density at radius 1 is 1.21 bits per heavy atom. The minimum Gasteiger partial charge on any atom is -0.483 e. The van der Waals surface area contributed by atoms with E-state index in [2.05, 4.69) is 19.1 Å². The number of halogens is 1. The molecule has 0 radical (unpaired) electrons. The van der Waals surface area contributed by atoms with Crippen LogP contribution in [0.25, 0.3) is 0 Å². The van der Waals surface area contributed by atoms with Crippen LogP contribution in [-0.4, -0.2) is 6.04 Å². The molecule has 0 amide bonds. The van der Waals surface area contributed by atoms with Gasteiger partial charge in [-0.15, -0.1) is 11.3 Å². The lowest BCUT2D eigenvalue weighted by molar-refractivity contribution is 0.184. The Morgan fingerprint density at radius 2 is 1.95 bits per heavy atom. The van der Waals surface area contributed by atoms with Crippen LogP contribution in [0.4, 0.5) is 0 Å². The van der Waals surface area contributed by atoms with Gasteiger partial charge >= 0.3 is 0 Å². The van der Waals surface area contributed by atoms with Crippen molar-refractivity contribution in [1.82, 2.24) is 0 Å². The molecule has 2 rings (SSSR count). The van der Waals surface area contributed by atoms with Gasteiger partial charge in [-0.05, 0) is 56.7 Å². The molecule has 2 N–H and O–H groups in total. The molecule has 0 bridgehead atoms. The molecule has 1 aromatic heterocycles. The van der Waals surface area contributed by atoms with Gasteiger partial charge in [-0.3, -0.25) is 0 Å². The summed E-state index contributed by atoms with van der Waals surface area (Å²) in [7, 11) is 0. The van der Waals surface area contributed by atoms with Crippen LogP contribution in [0.5, 0.6) is 5.75 Å². The first-order valence-corrected chi connectivity index (χ1v) is 7.41. The zero-order valence-electron chi connectivity index (χ0n) is 11.3. The van der Waals surface area contributed by atoms with E-state index >= 15 is 0 Å². The van der Waals surface area contributed by atoms with Crippen molar-refractivity contribution in [2.24, 2.45) is 5.73 Å². The molecule has 0 fully saturated rings. The van der Waals surface area contributed by atoms with Crippen molar-refractivity contribution in [3.8, 4) is 5.75 Å². The third-order valence-electron chi connectivity index (χ3n) is 2.91. The number of hydrogen-bond acceptors (Lipinski definition) is 3. The number of benzene rings is 1. The van der Waals surface area contributed by atoms with E-state index in [0.717, 1.165) is 21.2 Å². The summed E-state index contributed by atoms with van der Waals surface area (Å²) in [5.41, 5.74) is 7.05. The predicted octanol–water partition coefficient (Wildman–Crippen LogP) is 4.49. The van der Waals surface area contributed by atoms with Crippen LogP contribution in [0.15, 0.2) is 30.3 Å². The fourth-order valence-electron chi connectivity index (χ4n) is 1.87.